The molecular weight excluding hydrogens is 314 g/mol. The van der Waals surface area contributed by atoms with Crippen molar-refractivity contribution in [1.82, 2.24) is 29.9 Å². The van der Waals surface area contributed by atoms with E-state index in [1.54, 1.807) is 0 Å². The van der Waals surface area contributed by atoms with E-state index in [2.05, 4.69) is 63.5 Å². The average Bonchev–Trinajstić information content (AvgIpc) is 3.22. The van der Waals surface area contributed by atoms with Gasteiger partial charge in [0.2, 0.25) is 5.95 Å². The molecule has 3 heterocycles. The van der Waals surface area contributed by atoms with Gasteiger partial charge in [-0.2, -0.15) is 4.98 Å². The number of aromatic nitrogens is 6. The summed E-state index contributed by atoms with van der Waals surface area (Å²) in [5.74, 6) is 1.19. The molecule has 0 atom stereocenters. The normalized spacial score (nSPS) is 11.7. The predicted octanol–water partition coefficient (Wildman–Crippen LogP) is 3.46. The van der Waals surface area contributed by atoms with Crippen LogP contribution in [0.15, 0.2) is 30.6 Å². The Balaban J connectivity index is 1.74. The summed E-state index contributed by atoms with van der Waals surface area (Å²) in [5, 5.41) is 12.6. The number of benzene rings is 1. The molecule has 0 bridgehead atoms. The summed E-state index contributed by atoms with van der Waals surface area (Å²) in [6.07, 6.45) is 3.85. The van der Waals surface area contributed by atoms with Crippen LogP contribution in [-0.4, -0.2) is 36.5 Å². The number of rotatable bonds is 5. The zero-order chi connectivity index (χ0) is 17.4. The van der Waals surface area contributed by atoms with Gasteiger partial charge in [0, 0.05) is 36.4 Å². The van der Waals surface area contributed by atoms with Crippen molar-refractivity contribution in [3.05, 3.63) is 30.6 Å². The van der Waals surface area contributed by atoms with Crippen molar-refractivity contribution in [2.75, 3.05) is 11.9 Å². The summed E-state index contributed by atoms with van der Waals surface area (Å²) < 4.78 is 1.90. The van der Waals surface area contributed by atoms with Gasteiger partial charge in [-0.3, -0.25) is 0 Å². The lowest BCUT2D eigenvalue weighted by molar-refractivity contribution is 0.646. The lowest BCUT2D eigenvalue weighted by Gasteiger charge is -2.07. The summed E-state index contributed by atoms with van der Waals surface area (Å²) in [4.78, 5) is 12.3. The van der Waals surface area contributed by atoms with E-state index in [1.807, 2.05) is 23.1 Å². The fourth-order valence-corrected chi connectivity index (χ4v) is 2.89. The van der Waals surface area contributed by atoms with Gasteiger partial charge in [0.05, 0.1) is 5.52 Å². The van der Waals surface area contributed by atoms with Crippen molar-refractivity contribution in [3.8, 4) is 11.1 Å². The number of H-pyrrole nitrogens is 1. The summed E-state index contributed by atoms with van der Waals surface area (Å²) in [7, 11) is 0. The first-order valence-electron chi connectivity index (χ1n) is 8.57. The quantitative estimate of drug-likeness (QED) is 0.583. The van der Waals surface area contributed by atoms with E-state index >= 15 is 0 Å². The molecule has 2 N–H and O–H groups in total. The zero-order valence-electron chi connectivity index (χ0n) is 14.6. The van der Waals surface area contributed by atoms with Crippen LogP contribution in [0.2, 0.25) is 0 Å². The number of anilines is 1. The maximum atomic E-state index is 4.57. The highest BCUT2D eigenvalue weighted by Crippen LogP contribution is 2.29. The second-order valence-electron chi connectivity index (χ2n) is 6.54. The SMILES string of the molecule is CCn1nnc2ccc(-c3c[nH]c4nc(NCC(C)C)ncc34)cc21. The molecule has 1 aromatic carbocycles. The summed E-state index contributed by atoms with van der Waals surface area (Å²) in [6.45, 7) is 8.02. The van der Waals surface area contributed by atoms with E-state index in [1.165, 1.54) is 0 Å². The Morgan fingerprint density at radius 3 is 2.96 bits per heavy atom. The van der Waals surface area contributed by atoms with E-state index in [-0.39, 0.29) is 0 Å². The van der Waals surface area contributed by atoms with Crippen LogP contribution in [0.25, 0.3) is 33.2 Å². The lowest BCUT2D eigenvalue weighted by Crippen LogP contribution is -2.10. The Morgan fingerprint density at radius 1 is 1.28 bits per heavy atom. The van der Waals surface area contributed by atoms with Gasteiger partial charge in [-0.25, -0.2) is 9.67 Å². The highest BCUT2D eigenvalue weighted by atomic mass is 15.4. The van der Waals surface area contributed by atoms with E-state index in [0.717, 1.165) is 46.3 Å². The molecule has 0 fully saturated rings. The Hall–Kier alpha value is -2.96. The summed E-state index contributed by atoms with van der Waals surface area (Å²) in [5.41, 5.74) is 4.95. The first-order chi connectivity index (χ1) is 12.2. The zero-order valence-corrected chi connectivity index (χ0v) is 14.6. The molecule has 0 saturated carbocycles. The number of hydrogen-bond donors (Lipinski definition) is 2. The van der Waals surface area contributed by atoms with Crippen LogP contribution in [0.1, 0.15) is 20.8 Å². The lowest BCUT2D eigenvalue weighted by atomic mass is 10.1. The maximum Gasteiger partial charge on any atom is 0.224 e. The summed E-state index contributed by atoms with van der Waals surface area (Å²) >= 11 is 0. The Bertz CT molecular complexity index is 1030. The molecule has 0 amide bonds. The van der Waals surface area contributed by atoms with Crippen LogP contribution >= 0.6 is 0 Å². The minimum absolute atomic E-state index is 0.544. The third-order valence-electron chi connectivity index (χ3n) is 4.23. The fraction of sp³-hybridized carbons (Fsp3) is 0.333. The Morgan fingerprint density at radius 2 is 2.16 bits per heavy atom. The predicted molar refractivity (Wildman–Crippen MR) is 99.4 cm³/mol. The van der Waals surface area contributed by atoms with Gasteiger partial charge in [-0.1, -0.05) is 25.1 Å². The molecule has 0 aliphatic heterocycles. The van der Waals surface area contributed by atoms with Crippen molar-refractivity contribution >= 4 is 28.0 Å². The van der Waals surface area contributed by atoms with E-state index in [9.17, 15) is 0 Å². The molecule has 0 spiro atoms. The molecule has 3 aromatic heterocycles. The van der Waals surface area contributed by atoms with Crippen LogP contribution in [0.3, 0.4) is 0 Å². The second kappa shape index (κ2) is 6.16. The van der Waals surface area contributed by atoms with Crippen molar-refractivity contribution in [2.45, 2.75) is 27.3 Å². The first-order valence-corrected chi connectivity index (χ1v) is 8.57. The molecule has 0 aliphatic rings. The van der Waals surface area contributed by atoms with Gasteiger partial charge in [0.1, 0.15) is 11.2 Å². The molecule has 4 aromatic rings. The second-order valence-corrected chi connectivity index (χ2v) is 6.54. The Kier molecular flexibility index (Phi) is 3.83. The molecule has 0 saturated heterocycles. The molecule has 128 valence electrons. The number of nitrogens with one attached hydrogen (secondary N) is 2. The van der Waals surface area contributed by atoms with Gasteiger partial charge >= 0.3 is 0 Å². The number of aryl methyl sites for hydroxylation is 1. The van der Waals surface area contributed by atoms with Crippen LogP contribution in [-0.2, 0) is 6.54 Å². The number of hydrogen-bond acceptors (Lipinski definition) is 5. The number of nitrogens with zero attached hydrogens (tertiary/aromatic N) is 5. The smallest absolute Gasteiger partial charge is 0.224 e. The van der Waals surface area contributed by atoms with Gasteiger partial charge in [-0.05, 0) is 30.5 Å². The topological polar surface area (TPSA) is 84.3 Å². The molecule has 0 aliphatic carbocycles. The molecule has 4 rings (SSSR count). The van der Waals surface area contributed by atoms with Crippen LogP contribution < -0.4 is 5.32 Å². The van der Waals surface area contributed by atoms with Gasteiger partial charge in [-0.15, -0.1) is 5.10 Å². The Labute approximate surface area is 145 Å². The fourth-order valence-electron chi connectivity index (χ4n) is 2.89. The molecule has 0 radical (unpaired) electrons. The van der Waals surface area contributed by atoms with Gasteiger partial charge in [0.15, 0.2) is 0 Å². The average molecular weight is 335 g/mol. The number of aromatic amines is 1. The highest BCUT2D eigenvalue weighted by molar-refractivity contribution is 5.95. The largest absolute Gasteiger partial charge is 0.354 e. The third kappa shape index (κ3) is 2.82. The summed E-state index contributed by atoms with van der Waals surface area (Å²) in [6, 6.07) is 6.18. The molecule has 7 nitrogen and oxygen atoms in total. The van der Waals surface area contributed by atoms with Crippen molar-refractivity contribution in [3.63, 3.8) is 0 Å². The first kappa shape index (κ1) is 15.6. The van der Waals surface area contributed by atoms with Crippen LogP contribution in [0, 0.1) is 5.92 Å². The maximum absolute atomic E-state index is 4.57. The monoisotopic (exact) mass is 335 g/mol. The molecular formula is C18H21N7. The van der Waals surface area contributed by atoms with Crippen LogP contribution in [0.4, 0.5) is 5.95 Å². The molecule has 7 heteroatoms. The van der Waals surface area contributed by atoms with Crippen molar-refractivity contribution in [2.24, 2.45) is 5.92 Å². The van der Waals surface area contributed by atoms with Gasteiger partial charge in [0.25, 0.3) is 0 Å². The van der Waals surface area contributed by atoms with Crippen LogP contribution in [0.5, 0.6) is 0 Å². The van der Waals surface area contributed by atoms with Crippen molar-refractivity contribution < 1.29 is 0 Å². The standard InChI is InChI=1S/C18H21N7/c1-4-25-16-7-12(5-6-15(16)23-24-25)13-9-19-17-14(13)10-21-18(22-17)20-8-11(2)3/h5-7,9-11H,4,8H2,1-3H3,(H2,19,20,21,22). The third-order valence-corrected chi connectivity index (χ3v) is 4.23. The molecule has 0 unspecified atom stereocenters. The van der Waals surface area contributed by atoms with E-state index < -0.39 is 0 Å². The van der Waals surface area contributed by atoms with Gasteiger partial charge < -0.3 is 10.3 Å². The minimum Gasteiger partial charge on any atom is -0.354 e. The molecule has 25 heavy (non-hydrogen) atoms. The minimum atomic E-state index is 0.544. The number of fused-ring (bicyclic) bond motifs is 2. The van der Waals surface area contributed by atoms with E-state index in [4.69, 9.17) is 0 Å². The van der Waals surface area contributed by atoms with E-state index in [0.29, 0.717) is 11.9 Å². The highest BCUT2D eigenvalue weighted by Gasteiger charge is 2.11. The van der Waals surface area contributed by atoms with Crippen molar-refractivity contribution in [1.29, 1.82) is 0 Å².